The number of aliphatic hydroxyl groups is 1. The van der Waals surface area contributed by atoms with Crippen molar-refractivity contribution < 1.29 is 19.4 Å². The normalized spacial score (nSPS) is 14.5. The van der Waals surface area contributed by atoms with Crippen molar-refractivity contribution in [1.82, 2.24) is 9.88 Å². The Morgan fingerprint density at radius 2 is 1.87 bits per heavy atom. The molecule has 2 N–H and O–H groups in total. The highest BCUT2D eigenvalue weighted by atomic mass is 16.5. The Morgan fingerprint density at radius 1 is 1.17 bits per heavy atom. The maximum Gasteiger partial charge on any atom is 0.263 e. The van der Waals surface area contributed by atoms with Crippen LogP contribution in [0.5, 0.6) is 11.5 Å². The fourth-order valence-corrected chi connectivity index (χ4v) is 3.68. The van der Waals surface area contributed by atoms with Crippen LogP contribution in [0.2, 0.25) is 0 Å². The summed E-state index contributed by atoms with van der Waals surface area (Å²) in [6, 6.07) is 7.40. The van der Waals surface area contributed by atoms with Crippen LogP contribution >= 0.6 is 0 Å². The number of benzene rings is 1. The van der Waals surface area contributed by atoms with Crippen LogP contribution in [0.1, 0.15) is 34.3 Å². The molecular formula is C23H28N2O5. The Labute approximate surface area is 175 Å². The molecule has 0 saturated heterocycles. The van der Waals surface area contributed by atoms with Crippen molar-refractivity contribution in [2.24, 2.45) is 0 Å². The van der Waals surface area contributed by atoms with E-state index in [1.807, 2.05) is 30.4 Å². The number of carbonyl (C=O) groups excluding carboxylic acids is 1. The molecule has 3 rings (SSSR count). The quantitative estimate of drug-likeness (QED) is 0.649. The van der Waals surface area contributed by atoms with E-state index in [9.17, 15) is 14.7 Å². The molecule has 0 fully saturated rings. The van der Waals surface area contributed by atoms with E-state index in [1.54, 1.807) is 33.4 Å². The average Bonchev–Trinajstić information content (AvgIpc) is 3.21. The van der Waals surface area contributed by atoms with Crippen LogP contribution in [0.25, 0.3) is 0 Å². The van der Waals surface area contributed by atoms with Crippen molar-refractivity contribution in [3.8, 4) is 11.5 Å². The summed E-state index contributed by atoms with van der Waals surface area (Å²) in [7, 11) is 3.16. The van der Waals surface area contributed by atoms with E-state index in [0.29, 0.717) is 42.9 Å². The number of aliphatic hydroxyl groups excluding tert-OH is 1. The van der Waals surface area contributed by atoms with Crippen LogP contribution in [0.15, 0.2) is 47.4 Å². The highest BCUT2D eigenvalue weighted by Crippen LogP contribution is 2.28. The number of nitrogens with one attached hydrogen (secondary N) is 1. The first-order valence-electron chi connectivity index (χ1n) is 9.92. The molecule has 1 aromatic carbocycles. The fourth-order valence-electron chi connectivity index (χ4n) is 3.68. The molecule has 0 aliphatic heterocycles. The number of pyridine rings is 1. The number of methoxy groups -OCH3 is 2. The van der Waals surface area contributed by atoms with Crippen molar-refractivity contribution in [3.05, 3.63) is 69.7 Å². The summed E-state index contributed by atoms with van der Waals surface area (Å²) in [5.74, 6) is 0.827. The Kier molecular flexibility index (Phi) is 6.62. The molecule has 1 aliphatic carbocycles. The highest BCUT2D eigenvalue weighted by Gasteiger charge is 2.33. The molecular weight excluding hydrogens is 384 g/mol. The molecule has 0 unspecified atom stereocenters. The minimum absolute atomic E-state index is 0.115. The summed E-state index contributed by atoms with van der Waals surface area (Å²) >= 11 is 0. The van der Waals surface area contributed by atoms with Gasteiger partial charge < -0.3 is 24.5 Å². The summed E-state index contributed by atoms with van der Waals surface area (Å²) in [6.45, 7) is 1.99. The SMILES string of the molecule is COc1ccc(CCn2ccc(C)c(C(=O)NC3(CO)CC=CC3)c2=O)cc1OC. The third-order valence-electron chi connectivity index (χ3n) is 5.56. The molecule has 160 valence electrons. The summed E-state index contributed by atoms with van der Waals surface area (Å²) in [4.78, 5) is 25.9. The minimum atomic E-state index is -0.726. The molecule has 1 amide bonds. The maximum atomic E-state index is 13.0. The minimum Gasteiger partial charge on any atom is -0.493 e. The van der Waals surface area contributed by atoms with E-state index >= 15 is 0 Å². The van der Waals surface area contributed by atoms with Gasteiger partial charge in [0.15, 0.2) is 11.5 Å². The predicted molar refractivity (Wildman–Crippen MR) is 114 cm³/mol. The molecule has 1 heterocycles. The van der Waals surface area contributed by atoms with Crippen LogP contribution in [0.4, 0.5) is 0 Å². The van der Waals surface area contributed by atoms with Crippen LogP contribution < -0.4 is 20.3 Å². The molecule has 1 aliphatic rings. The van der Waals surface area contributed by atoms with Crippen molar-refractivity contribution in [2.45, 2.75) is 38.3 Å². The van der Waals surface area contributed by atoms with Crippen LogP contribution in [-0.4, -0.2) is 41.9 Å². The van der Waals surface area contributed by atoms with Gasteiger partial charge >= 0.3 is 0 Å². The largest absolute Gasteiger partial charge is 0.493 e. The second-order valence-electron chi connectivity index (χ2n) is 7.58. The standard InChI is InChI=1S/C23H28N2O5/c1-16-8-12-25(13-9-17-6-7-18(29-2)19(14-17)30-3)22(28)20(16)21(27)24-23(15-26)10-4-5-11-23/h4-8,12,14,26H,9-11,13,15H2,1-3H3,(H,24,27). The zero-order valence-electron chi connectivity index (χ0n) is 17.6. The van der Waals surface area contributed by atoms with Gasteiger partial charge in [-0.25, -0.2) is 0 Å². The van der Waals surface area contributed by atoms with Crippen molar-refractivity contribution in [1.29, 1.82) is 0 Å². The highest BCUT2D eigenvalue weighted by molar-refractivity contribution is 5.95. The van der Waals surface area contributed by atoms with E-state index in [2.05, 4.69) is 5.32 Å². The molecule has 0 spiro atoms. The number of aryl methyl sites for hydroxylation is 3. The number of nitrogens with zero attached hydrogens (tertiary/aromatic N) is 1. The van der Waals surface area contributed by atoms with Crippen LogP contribution in [0, 0.1) is 6.92 Å². The molecule has 0 saturated carbocycles. The van der Waals surface area contributed by atoms with E-state index in [0.717, 1.165) is 5.56 Å². The smallest absolute Gasteiger partial charge is 0.263 e. The third-order valence-corrected chi connectivity index (χ3v) is 5.56. The first-order valence-corrected chi connectivity index (χ1v) is 9.92. The van der Waals surface area contributed by atoms with Crippen LogP contribution in [-0.2, 0) is 13.0 Å². The molecule has 0 atom stereocenters. The molecule has 2 aromatic rings. The second kappa shape index (κ2) is 9.17. The molecule has 7 nitrogen and oxygen atoms in total. The van der Waals surface area contributed by atoms with E-state index < -0.39 is 11.4 Å². The lowest BCUT2D eigenvalue weighted by molar-refractivity contribution is 0.0842. The Hall–Kier alpha value is -3.06. The predicted octanol–water partition coefficient (Wildman–Crippen LogP) is 2.23. The van der Waals surface area contributed by atoms with Gasteiger partial charge in [0.2, 0.25) is 0 Å². The van der Waals surface area contributed by atoms with Gasteiger partial charge in [0.1, 0.15) is 5.56 Å². The summed E-state index contributed by atoms with van der Waals surface area (Å²) in [5.41, 5.74) is 0.647. The Morgan fingerprint density at radius 3 is 2.50 bits per heavy atom. The summed E-state index contributed by atoms with van der Waals surface area (Å²) in [6.07, 6.45) is 7.25. The molecule has 0 radical (unpaired) electrons. The summed E-state index contributed by atoms with van der Waals surface area (Å²) < 4.78 is 12.1. The maximum absolute atomic E-state index is 13.0. The Balaban J connectivity index is 1.79. The number of hydrogen-bond acceptors (Lipinski definition) is 5. The fraction of sp³-hybridized carbons (Fsp3) is 0.391. The lowest BCUT2D eigenvalue weighted by Crippen LogP contribution is -2.51. The third kappa shape index (κ3) is 4.41. The second-order valence-corrected chi connectivity index (χ2v) is 7.58. The van der Waals surface area contributed by atoms with Gasteiger partial charge in [-0.15, -0.1) is 0 Å². The van der Waals surface area contributed by atoms with E-state index in [-0.39, 0.29) is 17.7 Å². The number of ether oxygens (including phenoxy) is 2. The average molecular weight is 412 g/mol. The zero-order valence-corrected chi connectivity index (χ0v) is 17.6. The number of hydrogen-bond donors (Lipinski definition) is 2. The Bertz CT molecular complexity index is 1000. The van der Waals surface area contributed by atoms with Crippen molar-refractivity contribution >= 4 is 5.91 Å². The zero-order chi connectivity index (χ0) is 21.7. The molecule has 30 heavy (non-hydrogen) atoms. The van der Waals surface area contributed by atoms with Gasteiger partial charge in [0.25, 0.3) is 11.5 Å². The van der Waals surface area contributed by atoms with Gasteiger partial charge in [0.05, 0.1) is 26.4 Å². The first-order chi connectivity index (χ1) is 14.4. The van der Waals surface area contributed by atoms with Crippen LogP contribution in [0.3, 0.4) is 0 Å². The van der Waals surface area contributed by atoms with Gasteiger partial charge in [-0.2, -0.15) is 0 Å². The molecule has 0 bridgehead atoms. The van der Waals surface area contributed by atoms with Crippen molar-refractivity contribution in [2.75, 3.05) is 20.8 Å². The van der Waals surface area contributed by atoms with Gasteiger partial charge in [-0.05, 0) is 55.5 Å². The number of aromatic nitrogens is 1. The molecule has 1 aromatic heterocycles. The lowest BCUT2D eigenvalue weighted by atomic mass is 9.97. The van der Waals surface area contributed by atoms with Gasteiger partial charge in [0, 0.05) is 12.7 Å². The monoisotopic (exact) mass is 412 g/mol. The van der Waals surface area contributed by atoms with E-state index in [4.69, 9.17) is 9.47 Å². The van der Waals surface area contributed by atoms with Gasteiger partial charge in [-0.3, -0.25) is 9.59 Å². The number of carbonyl (C=O) groups is 1. The van der Waals surface area contributed by atoms with Gasteiger partial charge in [-0.1, -0.05) is 18.2 Å². The van der Waals surface area contributed by atoms with Crippen molar-refractivity contribution in [3.63, 3.8) is 0 Å². The first kappa shape index (κ1) is 21.6. The number of rotatable bonds is 8. The lowest BCUT2D eigenvalue weighted by Gasteiger charge is -2.28. The summed E-state index contributed by atoms with van der Waals surface area (Å²) in [5, 5.41) is 12.6. The van der Waals surface area contributed by atoms with E-state index in [1.165, 1.54) is 4.57 Å². The molecule has 7 heteroatoms. The topological polar surface area (TPSA) is 89.8 Å². The number of amides is 1.